The third-order valence-electron chi connectivity index (χ3n) is 2.77. The Labute approximate surface area is 103 Å². The minimum atomic E-state index is 0.624. The SMILES string of the molecule is CCCCCC(C)NCc1cnc(CC)s1. The van der Waals surface area contributed by atoms with Crippen LogP contribution in [0.5, 0.6) is 0 Å². The van der Waals surface area contributed by atoms with Gasteiger partial charge < -0.3 is 5.32 Å². The van der Waals surface area contributed by atoms with E-state index in [1.807, 2.05) is 17.5 Å². The molecule has 0 aliphatic carbocycles. The maximum atomic E-state index is 4.37. The zero-order chi connectivity index (χ0) is 11.8. The lowest BCUT2D eigenvalue weighted by atomic mass is 10.1. The molecule has 0 spiro atoms. The van der Waals surface area contributed by atoms with Crippen molar-refractivity contribution in [2.24, 2.45) is 0 Å². The molecule has 1 N–H and O–H groups in total. The zero-order valence-electron chi connectivity index (χ0n) is 10.8. The van der Waals surface area contributed by atoms with E-state index in [1.165, 1.54) is 35.6 Å². The molecule has 1 atom stereocenters. The monoisotopic (exact) mass is 240 g/mol. The molecule has 2 nitrogen and oxygen atoms in total. The van der Waals surface area contributed by atoms with Crippen molar-refractivity contribution in [2.45, 2.75) is 65.5 Å². The highest BCUT2D eigenvalue weighted by molar-refractivity contribution is 7.11. The Morgan fingerprint density at radius 1 is 1.38 bits per heavy atom. The molecule has 92 valence electrons. The summed E-state index contributed by atoms with van der Waals surface area (Å²) in [5.74, 6) is 0. The predicted octanol–water partition coefficient (Wildman–Crippen LogP) is 3.76. The summed E-state index contributed by atoms with van der Waals surface area (Å²) in [5, 5.41) is 4.81. The maximum absolute atomic E-state index is 4.37. The highest BCUT2D eigenvalue weighted by Gasteiger charge is 2.03. The lowest BCUT2D eigenvalue weighted by Gasteiger charge is -2.12. The highest BCUT2D eigenvalue weighted by atomic mass is 32.1. The van der Waals surface area contributed by atoms with E-state index in [-0.39, 0.29) is 0 Å². The summed E-state index contributed by atoms with van der Waals surface area (Å²) in [7, 11) is 0. The third kappa shape index (κ3) is 5.08. The van der Waals surface area contributed by atoms with E-state index in [0.29, 0.717) is 6.04 Å². The summed E-state index contributed by atoms with van der Waals surface area (Å²) in [6, 6.07) is 0.624. The third-order valence-corrected chi connectivity index (χ3v) is 3.91. The van der Waals surface area contributed by atoms with Crippen LogP contribution in [-0.4, -0.2) is 11.0 Å². The molecule has 1 heterocycles. The fraction of sp³-hybridized carbons (Fsp3) is 0.769. The van der Waals surface area contributed by atoms with Crippen LogP contribution in [0.2, 0.25) is 0 Å². The van der Waals surface area contributed by atoms with Gasteiger partial charge in [0.25, 0.3) is 0 Å². The number of nitrogens with one attached hydrogen (secondary N) is 1. The second kappa shape index (κ2) is 7.80. The minimum absolute atomic E-state index is 0.624. The van der Waals surface area contributed by atoms with Gasteiger partial charge in [-0.1, -0.05) is 33.1 Å². The van der Waals surface area contributed by atoms with Gasteiger partial charge in [-0.05, 0) is 19.8 Å². The molecule has 3 heteroatoms. The molecule has 1 rings (SSSR count). The van der Waals surface area contributed by atoms with Crippen molar-refractivity contribution in [2.75, 3.05) is 0 Å². The predicted molar refractivity (Wildman–Crippen MR) is 71.9 cm³/mol. The average molecular weight is 240 g/mol. The summed E-state index contributed by atoms with van der Waals surface area (Å²) in [6.07, 6.45) is 8.35. The second-order valence-electron chi connectivity index (χ2n) is 4.35. The molecule has 1 aromatic rings. The van der Waals surface area contributed by atoms with E-state index >= 15 is 0 Å². The van der Waals surface area contributed by atoms with Gasteiger partial charge >= 0.3 is 0 Å². The lowest BCUT2D eigenvalue weighted by Crippen LogP contribution is -2.24. The molecule has 0 saturated carbocycles. The number of hydrogen-bond acceptors (Lipinski definition) is 3. The zero-order valence-corrected chi connectivity index (χ0v) is 11.6. The van der Waals surface area contributed by atoms with Crippen LogP contribution >= 0.6 is 11.3 Å². The van der Waals surface area contributed by atoms with E-state index < -0.39 is 0 Å². The molecule has 0 saturated heterocycles. The molecule has 0 aliphatic rings. The number of rotatable bonds is 8. The van der Waals surface area contributed by atoms with E-state index in [9.17, 15) is 0 Å². The van der Waals surface area contributed by atoms with Crippen molar-refractivity contribution >= 4 is 11.3 Å². The van der Waals surface area contributed by atoms with E-state index in [1.54, 1.807) is 0 Å². The Morgan fingerprint density at radius 3 is 2.81 bits per heavy atom. The van der Waals surface area contributed by atoms with Crippen LogP contribution < -0.4 is 5.32 Å². The Bertz CT molecular complexity index is 283. The Kier molecular flexibility index (Phi) is 6.65. The van der Waals surface area contributed by atoms with Gasteiger partial charge in [-0.25, -0.2) is 4.98 Å². The summed E-state index contributed by atoms with van der Waals surface area (Å²) < 4.78 is 0. The van der Waals surface area contributed by atoms with Crippen LogP contribution in [-0.2, 0) is 13.0 Å². The largest absolute Gasteiger partial charge is 0.309 e. The van der Waals surface area contributed by atoms with Gasteiger partial charge in [-0.2, -0.15) is 0 Å². The van der Waals surface area contributed by atoms with Crippen LogP contribution in [0, 0.1) is 0 Å². The van der Waals surface area contributed by atoms with Crippen LogP contribution in [0.25, 0.3) is 0 Å². The fourth-order valence-corrected chi connectivity index (χ4v) is 2.48. The van der Waals surface area contributed by atoms with E-state index in [2.05, 4.69) is 31.1 Å². The van der Waals surface area contributed by atoms with Gasteiger partial charge in [0.2, 0.25) is 0 Å². The van der Waals surface area contributed by atoms with Gasteiger partial charge in [0.1, 0.15) is 0 Å². The van der Waals surface area contributed by atoms with E-state index in [4.69, 9.17) is 0 Å². The standard InChI is InChI=1S/C13H24N2S/c1-4-6-7-8-11(3)14-9-12-10-15-13(5-2)16-12/h10-11,14H,4-9H2,1-3H3. The smallest absolute Gasteiger partial charge is 0.0925 e. The fourth-order valence-electron chi connectivity index (χ4n) is 1.67. The molecule has 0 fully saturated rings. The van der Waals surface area contributed by atoms with Crippen LogP contribution in [0.4, 0.5) is 0 Å². The number of aromatic nitrogens is 1. The second-order valence-corrected chi connectivity index (χ2v) is 5.55. The molecule has 0 aromatic carbocycles. The number of hydrogen-bond donors (Lipinski definition) is 1. The first kappa shape index (κ1) is 13.7. The molecule has 16 heavy (non-hydrogen) atoms. The maximum Gasteiger partial charge on any atom is 0.0925 e. The van der Waals surface area contributed by atoms with Crippen molar-refractivity contribution in [3.63, 3.8) is 0 Å². The Balaban J connectivity index is 2.18. The number of aryl methyl sites for hydroxylation is 1. The lowest BCUT2D eigenvalue weighted by molar-refractivity contribution is 0.489. The highest BCUT2D eigenvalue weighted by Crippen LogP contribution is 2.13. The average Bonchev–Trinajstić information content (AvgIpc) is 2.74. The first-order valence-corrected chi connectivity index (χ1v) is 7.24. The molecule has 1 aromatic heterocycles. The summed E-state index contributed by atoms with van der Waals surface area (Å²) in [5.41, 5.74) is 0. The van der Waals surface area contributed by atoms with Crippen molar-refractivity contribution in [3.8, 4) is 0 Å². The number of thiazole rings is 1. The van der Waals surface area contributed by atoms with Gasteiger partial charge in [0, 0.05) is 23.7 Å². The van der Waals surface area contributed by atoms with Crippen molar-refractivity contribution in [1.29, 1.82) is 0 Å². The van der Waals surface area contributed by atoms with Gasteiger partial charge in [-0.3, -0.25) is 0 Å². The summed E-state index contributed by atoms with van der Waals surface area (Å²) in [4.78, 5) is 5.73. The Morgan fingerprint density at radius 2 is 2.19 bits per heavy atom. The molecular formula is C13H24N2S. The molecule has 0 amide bonds. The van der Waals surface area contributed by atoms with Crippen LogP contribution in [0.15, 0.2) is 6.20 Å². The van der Waals surface area contributed by atoms with Crippen molar-refractivity contribution in [3.05, 3.63) is 16.1 Å². The molecular weight excluding hydrogens is 216 g/mol. The van der Waals surface area contributed by atoms with Gasteiger partial charge in [0.15, 0.2) is 0 Å². The van der Waals surface area contributed by atoms with Crippen molar-refractivity contribution in [1.82, 2.24) is 10.3 Å². The summed E-state index contributed by atoms with van der Waals surface area (Å²) >= 11 is 1.83. The molecule has 0 aliphatic heterocycles. The minimum Gasteiger partial charge on any atom is -0.309 e. The number of unbranched alkanes of at least 4 members (excludes halogenated alkanes) is 2. The van der Waals surface area contributed by atoms with Crippen LogP contribution in [0.3, 0.4) is 0 Å². The number of nitrogens with zero attached hydrogens (tertiary/aromatic N) is 1. The normalized spacial score (nSPS) is 12.9. The summed E-state index contributed by atoms with van der Waals surface area (Å²) in [6.45, 7) is 7.66. The first-order valence-electron chi connectivity index (χ1n) is 6.43. The van der Waals surface area contributed by atoms with Gasteiger partial charge in [0.05, 0.1) is 5.01 Å². The quantitative estimate of drug-likeness (QED) is 0.700. The van der Waals surface area contributed by atoms with Crippen LogP contribution in [0.1, 0.15) is 56.3 Å². The molecule has 1 unspecified atom stereocenters. The van der Waals surface area contributed by atoms with Gasteiger partial charge in [-0.15, -0.1) is 11.3 Å². The first-order chi connectivity index (χ1) is 7.76. The Hall–Kier alpha value is -0.410. The topological polar surface area (TPSA) is 24.9 Å². The molecule has 0 bridgehead atoms. The van der Waals surface area contributed by atoms with E-state index in [0.717, 1.165) is 13.0 Å². The molecule has 0 radical (unpaired) electrons. The van der Waals surface area contributed by atoms with Crippen molar-refractivity contribution < 1.29 is 0 Å².